The minimum atomic E-state index is -0.154. The van der Waals surface area contributed by atoms with Crippen molar-refractivity contribution >= 4 is 11.6 Å². The van der Waals surface area contributed by atoms with Gasteiger partial charge in [0, 0.05) is 29.1 Å². The average Bonchev–Trinajstić information content (AvgIpc) is 2.59. The standard InChI is InChI=1S/C18H16N2O.C2H6/c1-14-10-11-16(13-15(14)7-5-6-12-19)18(21)20-17-8-3-2-4-9-17;1-2/h2-4,6,8-13H,19H2,1H3,(H,20,21);1-2H3/b12-6+;. The van der Waals surface area contributed by atoms with Crippen molar-refractivity contribution < 1.29 is 4.79 Å². The summed E-state index contributed by atoms with van der Waals surface area (Å²) < 4.78 is 0. The predicted octanol–water partition coefficient (Wildman–Crippen LogP) is 4.10. The number of hydrogen-bond donors (Lipinski definition) is 2. The van der Waals surface area contributed by atoms with Gasteiger partial charge in [0.2, 0.25) is 0 Å². The molecule has 2 rings (SSSR count). The third-order valence-corrected chi connectivity index (χ3v) is 2.92. The molecule has 3 nitrogen and oxygen atoms in total. The van der Waals surface area contributed by atoms with Crippen LogP contribution in [0.1, 0.15) is 35.3 Å². The summed E-state index contributed by atoms with van der Waals surface area (Å²) in [5.41, 5.74) is 8.42. The third kappa shape index (κ3) is 5.72. The number of amides is 1. The number of para-hydroxylation sites is 1. The summed E-state index contributed by atoms with van der Waals surface area (Å²) in [5, 5.41) is 2.85. The first-order chi connectivity index (χ1) is 11.2. The molecule has 3 heteroatoms. The molecule has 0 aliphatic rings. The van der Waals surface area contributed by atoms with Gasteiger partial charge in [0.25, 0.3) is 5.91 Å². The van der Waals surface area contributed by atoms with Gasteiger partial charge in [-0.2, -0.15) is 0 Å². The van der Waals surface area contributed by atoms with Crippen molar-refractivity contribution in [1.29, 1.82) is 0 Å². The maximum absolute atomic E-state index is 12.2. The average molecular weight is 306 g/mol. The molecule has 0 atom stereocenters. The van der Waals surface area contributed by atoms with Gasteiger partial charge in [-0.25, -0.2) is 0 Å². The van der Waals surface area contributed by atoms with Gasteiger partial charge >= 0.3 is 0 Å². The van der Waals surface area contributed by atoms with E-state index in [1.54, 1.807) is 18.2 Å². The first-order valence-corrected chi connectivity index (χ1v) is 7.56. The molecule has 2 aromatic carbocycles. The van der Waals surface area contributed by atoms with E-state index in [0.717, 1.165) is 16.8 Å². The lowest BCUT2D eigenvalue weighted by molar-refractivity contribution is 0.102. The number of nitrogens with one attached hydrogen (secondary N) is 1. The van der Waals surface area contributed by atoms with Crippen molar-refractivity contribution in [2.75, 3.05) is 5.32 Å². The number of rotatable bonds is 2. The quantitative estimate of drug-likeness (QED) is 0.821. The number of benzene rings is 2. The van der Waals surface area contributed by atoms with E-state index in [2.05, 4.69) is 17.2 Å². The van der Waals surface area contributed by atoms with Crippen LogP contribution in [0.2, 0.25) is 0 Å². The van der Waals surface area contributed by atoms with E-state index in [1.165, 1.54) is 6.20 Å². The van der Waals surface area contributed by atoms with E-state index < -0.39 is 0 Å². The van der Waals surface area contributed by atoms with Gasteiger partial charge in [-0.05, 0) is 36.8 Å². The fourth-order valence-corrected chi connectivity index (χ4v) is 1.79. The van der Waals surface area contributed by atoms with Crippen LogP contribution in [0.4, 0.5) is 5.69 Å². The Morgan fingerprint density at radius 3 is 2.48 bits per heavy atom. The molecule has 0 aliphatic carbocycles. The topological polar surface area (TPSA) is 55.1 Å². The van der Waals surface area contributed by atoms with E-state index in [9.17, 15) is 4.79 Å². The molecule has 0 heterocycles. The van der Waals surface area contributed by atoms with Gasteiger partial charge in [-0.3, -0.25) is 4.79 Å². The Bertz CT molecular complexity index is 722. The minimum absolute atomic E-state index is 0.154. The Balaban J connectivity index is 0.00000127. The van der Waals surface area contributed by atoms with Crippen molar-refractivity contribution in [3.63, 3.8) is 0 Å². The van der Waals surface area contributed by atoms with Crippen LogP contribution in [0.3, 0.4) is 0 Å². The summed E-state index contributed by atoms with van der Waals surface area (Å²) in [4.78, 5) is 12.2. The maximum atomic E-state index is 12.2. The number of allylic oxidation sites excluding steroid dienone is 1. The molecule has 3 N–H and O–H groups in total. The van der Waals surface area contributed by atoms with Crippen LogP contribution in [-0.2, 0) is 0 Å². The Morgan fingerprint density at radius 1 is 1.13 bits per heavy atom. The van der Waals surface area contributed by atoms with Crippen molar-refractivity contribution in [3.05, 3.63) is 77.5 Å². The van der Waals surface area contributed by atoms with E-state index in [4.69, 9.17) is 5.73 Å². The monoisotopic (exact) mass is 306 g/mol. The van der Waals surface area contributed by atoms with Crippen LogP contribution in [-0.4, -0.2) is 5.91 Å². The Labute approximate surface area is 138 Å². The van der Waals surface area contributed by atoms with Crippen molar-refractivity contribution in [2.24, 2.45) is 5.73 Å². The van der Waals surface area contributed by atoms with Crippen molar-refractivity contribution in [2.45, 2.75) is 20.8 Å². The summed E-state index contributed by atoms with van der Waals surface area (Å²) in [6, 6.07) is 14.8. The molecule has 0 aromatic heterocycles. The van der Waals surface area contributed by atoms with Crippen molar-refractivity contribution in [3.8, 4) is 11.8 Å². The number of aryl methyl sites for hydroxylation is 1. The second-order valence-corrected chi connectivity index (χ2v) is 4.48. The summed E-state index contributed by atoms with van der Waals surface area (Å²) >= 11 is 0. The predicted molar refractivity (Wildman–Crippen MR) is 97.1 cm³/mol. The number of hydrogen-bond acceptors (Lipinski definition) is 2. The normalized spacial score (nSPS) is 9.35. The molecule has 0 fully saturated rings. The van der Waals surface area contributed by atoms with E-state index >= 15 is 0 Å². The maximum Gasteiger partial charge on any atom is 0.255 e. The number of anilines is 1. The van der Waals surface area contributed by atoms with Crippen LogP contribution in [0.25, 0.3) is 0 Å². The number of nitrogens with two attached hydrogens (primary N) is 1. The van der Waals surface area contributed by atoms with Gasteiger partial charge in [0.05, 0.1) is 0 Å². The molecule has 118 valence electrons. The van der Waals surface area contributed by atoms with Crippen LogP contribution >= 0.6 is 0 Å². The summed E-state index contributed by atoms with van der Waals surface area (Å²) in [5.74, 6) is 5.64. The Hall–Kier alpha value is -2.99. The Kier molecular flexibility index (Phi) is 7.74. The van der Waals surface area contributed by atoms with E-state index in [0.29, 0.717) is 5.56 Å². The molecule has 0 saturated carbocycles. The first-order valence-electron chi connectivity index (χ1n) is 7.56. The fourth-order valence-electron chi connectivity index (χ4n) is 1.79. The van der Waals surface area contributed by atoms with E-state index in [1.807, 2.05) is 57.2 Å². The number of carbonyl (C=O) groups excluding carboxylic acids is 1. The summed E-state index contributed by atoms with van der Waals surface area (Å²) in [7, 11) is 0. The molecular formula is C20H22N2O. The highest BCUT2D eigenvalue weighted by molar-refractivity contribution is 6.04. The second kappa shape index (κ2) is 9.86. The molecule has 0 bridgehead atoms. The third-order valence-electron chi connectivity index (χ3n) is 2.92. The molecule has 0 aliphatic heterocycles. The zero-order valence-electron chi connectivity index (χ0n) is 13.8. The van der Waals surface area contributed by atoms with Crippen LogP contribution < -0.4 is 11.1 Å². The molecule has 1 amide bonds. The molecular weight excluding hydrogens is 284 g/mol. The lowest BCUT2D eigenvalue weighted by Gasteiger charge is -2.06. The lowest BCUT2D eigenvalue weighted by Crippen LogP contribution is -2.12. The highest BCUT2D eigenvalue weighted by Gasteiger charge is 2.07. The zero-order chi connectivity index (χ0) is 17.1. The van der Waals surface area contributed by atoms with Crippen molar-refractivity contribution in [1.82, 2.24) is 0 Å². The molecule has 23 heavy (non-hydrogen) atoms. The SMILES string of the molecule is CC.Cc1ccc(C(=O)Nc2ccccc2)cc1C#C/C=C/N. The minimum Gasteiger partial charge on any atom is -0.404 e. The summed E-state index contributed by atoms with van der Waals surface area (Å²) in [6.07, 6.45) is 2.95. The van der Waals surface area contributed by atoms with Gasteiger partial charge in [0.1, 0.15) is 0 Å². The van der Waals surface area contributed by atoms with Gasteiger partial charge in [-0.1, -0.05) is 50.0 Å². The smallest absolute Gasteiger partial charge is 0.255 e. The highest BCUT2D eigenvalue weighted by atomic mass is 16.1. The lowest BCUT2D eigenvalue weighted by atomic mass is 10.0. The fraction of sp³-hybridized carbons (Fsp3) is 0.150. The van der Waals surface area contributed by atoms with Gasteiger partial charge in [-0.15, -0.1) is 0 Å². The van der Waals surface area contributed by atoms with Crippen LogP contribution in [0.5, 0.6) is 0 Å². The first kappa shape index (κ1) is 18.1. The molecule has 0 spiro atoms. The molecule has 0 unspecified atom stereocenters. The second-order valence-electron chi connectivity index (χ2n) is 4.48. The van der Waals surface area contributed by atoms with E-state index in [-0.39, 0.29) is 5.91 Å². The highest BCUT2D eigenvalue weighted by Crippen LogP contribution is 2.13. The van der Waals surface area contributed by atoms with Gasteiger partial charge < -0.3 is 11.1 Å². The van der Waals surface area contributed by atoms with Gasteiger partial charge in [0.15, 0.2) is 0 Å². The number of carbonyl (C=O) groups is 1. The molecule has 0 saturated heterocycles. The molecule has 0 radical (unpaired) electrons. The molecule has 2 aromatic rings. The van der Waals surface area contributed by atoms with Crippen LogP contribution in [0.15, 0.2) is 60.8 Å². The summed E-state index contributed by atoms with van der Waals surface area (Å²) in [6.45, 7) is 5.95. The zero-order valence-corrected chi connectivity index (χ0v) is 13.8. The van der Waals surface area contributed by atoms with Crippen LogP contribution in [0, 0.1) is 18.8 Å². The Morgan fingerprint density at radius 2 is 1.83 bits per heavy atom. The largest absolute Gasteiger partial charge is 0.404 e.